The molecule has 1 heterocycles. The molecule has 0 atom stereocenters. The normalized spacial score (nSPS) is 14.3. The summed E-state index contributed by atoms with van der Waals surface area (Å²) in [6, 6.07) is 1.63. The van der Waals surface area contributed by atoms with E-state index in [1.54, 1.807) is 13.0 Å². The fourth-order valence-corrected chi connectivity index (χ4v) is 1.93. The van der Waals surface area contributed by atoms with Crippen LogP contribution >= 0.6 is 0 Å². The molecule has 1 aliphatic carbocycles. The highest BCUT2D eigenvalue weighted by Crippen LogP contribution is 2.23. The minimum absolute atomic E-state index is 0.00615. The lowest BCUT2D eigenvalue weighted by molar-refractivity contribution is 0.0526. The molecule has 90 valence electrons. The summed E-state index contributed by atoms with van der Waals surface area (Å²) in [5.74, 6) is -0.427. The van der Waals surface area contributed by atoms with E-state index in [0.29, 0.717) is 12.1 Å². The number of nitrogens with two attached hydrogens (primary N) is 1. The van der Waals surface area contributed by atoms with Gasteiger partial charge in [0.2, 0.25) is 0 Å². The SMILES string of the molecule is CCOC(=O)c1cc2c(nc1N)C(=O)CCC2. The van der Waals surface area contributed by atoms with Crippen LogP contribution in [0, 0.1) is 0 Å². The molecular formula is C12H14N2O3. The second-order valence-corrected chi connectivity index (χ2v) is 3.93. The molecule has 2 rings (SSSR count). The highest BCUT2D eigenvalue weighted by Gasteiger charge is 2.23. The van der Waals surface area contributed by atoms with E-state index in [0.717, 1.165) is 18.4 Å². The van der Waals surface area contributed by atoms with Gasteiger partial charge in [0.25, 0.3) is 0 Å². The highest BCUT2D eigenvalue weighted by atomic mass is 16.5. The molecule has 0 radical (unpaired) electrons. The topological polar surface area (TPSA) is 82.3 Å². The molecule has 5 nitrogen and oxygen atoms in total. The summed E-state index contributed by atoms with van der Waals surface area (Å²) in [6.45, 7) is 2.01. The zero-order valence-corrected chi connectivity index (χ0v) is 9.66. The molecule has 5 heteroatoms. The molecule has 0 amide bonds. The van der Waals surface area contributed by atoms with Gasteiger partial charge in [-0.1, -0.05) is 0 Å². The van der Waals surface area contributed by atoms with E-state index in [1.807, 2.05) is 0 Å². The van der Waals surface area contributed by atoms with Gasteiger partial charge in [0, 0.05) is 6.42 Å². The summed E-state index contributed by atoms with van der Waals surface area (Å²) in [6.07, 6.45) is 2.04. The predicted octanol–water partition coefficient (Wildman–Crippen LogP) is 1.36. The second kappa shape index (κ2) is 4.53. The minimum atomic E-state index is -0.488. The fraction of sp³-hybridized carbons (Fsp3) is 0.417. The number of Topliss-reactive ketones (excluding diaryl/α,β-unsaturated/α-hetero) is 1. The molecule has 0 aliphatic heterocycles. The molecule has 0 fully saturated rings. The van der Waals surface area contributed by atoms with Gasteiger partial charge in [-0.2, -0.15) is 0 Å². The number of fused-ring (bicyclic) bond motifs is 1. The average Bonchev–Trinajstić information content (AvgIpc) is 2.30. The first-order chi connectivity index (χ1) is 8.13. The van der Waals surface area contributed by atoms with Gasteiger partial charge in [0.05, 0.1) is 6.61 Å². The van der Waals surface area contributed by atoms with Crippen molar-refractivity contribution in [2.75, 3.05) is 12.3 Å². The van der Waals surface area contributed by atoms with Gasteiger partial charge in [-0.25, -0.2) is 9.78 Å². The first kappa shape index (κ1) is 11.6. The van der Waals surface area contributed by atoms with Crippen molar-refractivity contribution in [2.24, 2.45) is 0 Å². The van der Waals surface area contributed by atoms with Gasteiger partial charge in [-0.05, 0) is 31.4 Å². The van der Waals surface area contributed by atoms with Crippen molar-refractivity contribution >= 4 is 17.6 Å². The summed E-state index contributed by atoms with van der Waals surface area (Å²) >= 11 is 0. The van der Waals surface area contributed by atoms with Crippen molar-refractivity contribution in [3.8, 4) is 0 Å². The second-order valence-electron chi connectivity index (χ2n) is 3.93. The quantitative estimate of drug-likeness (QED) is 0.781. The van der Waals surface area contributed by atoms with Crippen LogP contribution in [0.15, 0.2) is 6.07 Å². The van der Waals surface area contributed by atoms with E-state index in [9.17, 15) is 9.59 Å². The van der Waals surface area contributed by atoms with E-state index >= 15 is 0 Å². The molecule has 1 aromatic rings. The Bertz CT molecular complexity index is 483. The van der Waals surface area contributed by atoms with Crippen molar-refractivity contribution in [3.63, 3.8) is 0 Å². The van der Waals surface area contributed by atoms with Crippen LogP contribution in [0.25, 0.3) is 0 Å². The Balaban J connectivity index is 2.43. The Morgan fingerprint density at radius 2 is 2.29 bits per heavy atom. The van der Waals surface area contributed by atoms with Crippen LogP contribution < -0.4 is 5.73 Å². The standard InChI is InChI=1S/C12H14N2O3/c1-2-17-12(16)8-6-7-4-3-5-9(15)10(7)14-11(8)13/h6H,2-5H2,1H3,(H2,13,14). The molecule has 1 aliphatic rings. The molecule has 17 heavy (non-hydrogen) atoms. The van der Waals surface area contributed by atoms with E-state index in [4.69, 9.17) is 10.5 Å². The molecule has 0 saturated carbocycles. The van der Waals surface area contributed by atoms with Gasteiger partial charge in [0.1, 0.15) is 17.1 Å². The number of aromatic nitrogens is 1. The summed E-state index contributed by atoms with van der Waals surface area (Å²) in [7, 11) is 0. The van der Waals surface area contributed by atoms with Crippen molar-refractivity contribution in [1.29, 1.82) is 0 Å². The molecule has 2 N–H and O–H groups in total. The molecule has 0 spiro atoms. The summed E-state index contributed by atoms with van der Waals surface area (Å²) in [5, 5.41) is 0. The largest absolute Gasteiger partial charge is 0.462 e. The van der Waals surface area contributed by atoms with E-state index in [2.05, 4.69) is 4.98 Å². The maximum Gasteiger partial charge on any atom is 0.341 e. The zero-order chi connectivity index (χ0) is 12.4. The third-order valence-electron chi connectivity index (χ3n) is 2.74. The Morgan fingerprint density at radius 1 is 1.53 bits per heavy atom. The molecule has 0 saturated heterocycles. The number of pyridine rings is 1. The lowest BCUT2D eigenvalue weighted by Gasteiger charge is -2.15. The van der Waals surface area contributed by atoms with Crippen LogP contribution in [0.4, 0.5) is 5.82 Å². The zero-order valence-electron chi connectivity index (χ0n) is 9.66. The number of nitrogens with zero attached hydrogens (tertiary/aromatic N) is 1. The number of nitrogen functional groups attached to an aromatic ring is 1. The summed E-state index contributed by atoms with van der Waals surface area (Å²) in [4.78, 5) is 27.2. The first-order valence-corrected chi connectivity index (χ1v) is 5.63. The third-order valence-corrected chi connectivity index (χ3v) is 2.74. The summed E-state index contributed by atoms with van der Waals surface area (Å²) < 4.78 is 4.88. The van der Waals surface area contributed by atoms with Crippen molar-refractivity contribution in [2.45, 2.75) is 26.2 Å². The average molecular weight is 234 g/mol. The Hall–Kier alpha value is -1.91. The fourth-order valence-electron chi connectivity index (χ4n) is 1.93. The maximum atomic E-state index is 11.6. The van der Waals surface area contributed by atoms with Crippen molar-refractivity contribution < 1.29 is 14.3 Å². The number of aryl methyl sites for hydroxylation is 1. The van der Waals surface area contributed by atoms with Gasteiger partial charge < -0.3 is 10.5 Å². The molecule has 0 bridgehead atoms. The number of ether oxygens (including phenoxy) is 1. The first-order valence-electron chi connectivity index (χ1n) is 5.63. The minimum Gasteiger partial charge on any atom is -0.462 e. The Kier molecular flexibility index (Phi) is 3.08. The van der Waals surface area contributed by atoms with Crippen molar-refractivity contribution in [3.05, 3.63) is 22.9 Å². The van der Waals surface area contributed by atoms with Crippen LogP contribution in [0.2, 0.25) is 0 Å². The predicted molar refractivity (Wildman–Crippen MR) is 61.9 cm³/mol. The number of hydrogen-bond donors (Lipinski definition) is 1. The number of carbonyl (C=O) groups excluding carboxylic acids is 2. The third kappa shape index (κ3) is 2.13. The van der Waals surface area contributed by atoms with Crippen molar-refractivity contribution in [1.82, 2.24) is 4.98 Å². The molecule has 1 aromatic heterocycles. The lowest BCUT2D eigenvalue weighted by Crippen LogP contribution is -2.18. The Labute approximate surface area is 99.0 Å². The highest BCUT2D eigenvalue weighted by molar-refractivity contribution is 6.00. The Morgan fingerprint density at radius 3 is 3.00 bits per heavy atom. The van der Waals surface area contributed by atoms with Gasteiger partial charge in [0.15, 0.2) is 5.78 Å². The smallest absolute Gasteiger partial charge is 0.341 e. The van der Waals surface area contributed by atoms with Gasteiger partial charge >= 0.3 is 5.97 Å². The van der Waals surface area contributed by atoms with E-state index in [1.165, 1.54) is 0 Å². The maximum absolute atomic E-state index is 11.6. The number of rotatable bonds is 2. The van der Waals surface area contributed by atoms with Crippen LogP contribution in [-0.2, 0) is 11.2 Å². The van der Waals surface area contributed by atoms with E-state index < -0.39 is 5.97 Å². The van der Waals surface area contributed by atoms with Gasteiger partial charge in [-0.3, -0.25) is 4.79 Å². The van der Waals surface area contributed by atoms with Gasteiger partial charge in [-0.15, -0.1) is 0 Å². The molecule has 0 aromatic carbocycles. The van der Waals surface area contributed by atoms with Crippen LogP contribution in [0.5, 0.6) is 0 Å². The number of carbonyl (C=O) groups is 2. The molecule has 0 unspecified atom stereocenters. The number of hydrogen-bond acceptors (Lipinski definition) is 5. The number of anilines is 1. The van der Waals surface area contributed by atoms with Crippen LogP contribution in [-0.4, -0.2) is 23.3 Å². The van der Waals surface area contributed by atoms with E-state index in [-0.39, 0.29) is 23.8 Å². The summed E-state index contributed by atoms with van der Waals surface area (Å²) in [5.41, 5.74) is 7.12. The number of ketones is 1. The monoisotopic (exact) mass is 234 g/mol. The lowest BCUT2D eigenvalue weighted by atomic mass is 9.94. The van der Waals surface area contributed by atoms with Crippen LogP contribution in [0.1, 0.15) is 46.2 Å². The molecular weight excluding hydrogens is 220 g/mol. The van der Waals surface area contributed by atoms with Crippen LogP contribution in [0.3, 0.4) is 0 Å². The number of esters is 1.